The Morgan fingerprint density at radius 1 is 1.13 bits per heavy atom. The van der Waals surface area contributed by atoms with Crippen molar-refractivity contribution in [2.75, 3.05) is 6.54 Å². The maximum Gasteiger partial charge on any atom is 0.407 e. The average molecular weight is 310 g/mol. The number of hydrogen-bond donors (Lipinski definition) is 2. The number of hydrogen-bond acceptors (Lipinski definition) is 4. The number of ether oxygens (including phenoxy) is 1. The Bertz CT molecular complexity index is 682. The normalized spacial score (nSPS) is 11.0. The van der Waals surface area contributed by atoms with Gasteiger partial charge in [-0.05, 0) is 22.8 Å². The maximum atomic E-state index is 11.6. The van der Waals surface area contributed by atoms with E-state index in [2.05, 4.69) is 10.5 Å². The van der Waals surface area contributed by atoms with E-state index >= 15 is 0 Å². The number of nitrogens with one attached hydrogen (secondary N) is 1. The number of benzene rings is 2. The summed E-state index contributed by atoms with van der Waals surface area (Å²) in [6.07, 6.45) is 4.58. The van der Waals surface area contributed by atoms with E-state index in [0.717, 1.165) is 16.7 Å². The van der Waals surface area contributed by atoms with Gasteiger partial charge in [0.25, 0.3) is 0 Å². The van der Waals surface area contributed by atoms with Crippen LogP contribution >= 0.6 is 0 Å². The standard InChI is InChI=1S/C18H18N2O3/c21-18(23-14-16-6-2-1-3-7-16)19-11-5-10-15-8-4-9-17(12-15)13-20-22/h1-10,12-13,22H,11,14H2,(H,19,21). The van der Waals surface area contributed by atoms with Crippen molar-refractivity contribution < 1.29 is 14.7 Å². The van der Waals surface area contributed by atoms with Crippen molar-refractivity contribution in [3.8, 4) is 0 Å². The molecule has 0 fully saturated rings. The number of carbonyl (C=O) groups is 1. The third-order valence-corrected chi connectivity index (χ3v) is 3.00. The summed E-state index contributed by atoms with van der Waals surface area (Å²) in [5.74, 6) is 0. The number of oxime groups is 1. The molecular formula is C18H18N2O3. The highest BCUT2D eigenvalue weighted by Crippen LogP contribution is 2.05. The van der Waals surface area contributed by atoms with E-state index in [9.17, 15) is 4.79 Å². The largest absolute Gasteiger partial charge is 0.445 e. The van der Waals surface area contributed by atoms with Crippen LogP contribution in [0.3, 0.4) is 0 Å². The molecule has 23 heavy (non-hydrogen) atoms. The highest BCUT2D eigenvalue weighted by atomic mass is 16.5. The van der Waals surface area contributed by atoms with Crippen LogP contribution in [-0.4, -0.2) is 24.1 Å². The first-order valence-corrected chi connectivity index (χ1v) is 7.16. The molecule has 0 atom stereocenters. The van der Waals surface area contributed by atoms with Gasteiger partial charge < -0.3 is 15.3 Å². The fraction of sp³-hybridized carbons (Fsp3) is 0.111. The minimum atomic E-state index is -0.459. The molecular weight excluding hydrogens is 292 g/mol. The van der Waals surface area contributed by atoms with E-state index in [-0.39, 0.29) is 6.61 Å². The fourth-order valence-corrected chi connectivity index (χ4v) is 1.92. The predicted molar refractivity (Wildman–Crippen MR) is 89.5 cm³/mol. The Balaban J connectivity index is 1.73. The zero-order valence-corrected chi connectivity index (χ0v) is 12.6. The highest BCUT2D eigenvalue weighted by molar-refractivity contribution is 5.80. The molecule has 0 aliphatic carbocycles. The predicted octanol–water partition coefficient (Wildman–Crippen LogP) is 3.43. The number of rotatable bonds is 6. The van der Waals surface area contributed by atoms with Crippen LogP contribution in [0.1, 0.15) is 16.7 Å². The van der Waals surface area contributed by atoms with Crippen molar-refractivity contribution in [2.45, 2.75) is 6.61 Å². The van der Waals surface area contributed by atoms with Crippen molar-refractivity contribution in [2.24, 2.45) is 5.16 Å². The number of nitrogens with zero attached hydrogens (tertiary/aromatic N) is 1. The van der Waals surface area contributed by atoms with Crippen LogP contribution < -0.4 is 5.32 Å². The summed E-state index contributed by atoms with van der Waals surface area (Å²) in [6.45, 7) is 0.616. The van der Waals surface area contributed by atoms with Crippen LogP contribution in [0.15, 0.2) is 65.8 Å². The first kappa shape index (κ1) is 16.3. The van der Waals surface area contributed by atoms with E-state index in [0.29, 0.717) is 6.54 Å². The zero-order valence-electron chi connectivity index (χ0n) is 12.6. The van der Waals surface area contributed by atoms with Gasteiger partial charge in [0.2, 0.25) is 0 Å². The Labute approximate surface area is 134 Å². The van der Waals surface area contributed by atoms with E-state index < -0.39 is 6.09 Å². The Kier molecular flexibility index (Phi) is 6.41. The molecule has 2 aromatic rings. The summed E-state index contributed by atoms with van der Waals surface area (Å²) in [5, 5.41) is 14.1. The maximum absolute atomic E-state index is 11.6. The molecule has 118 valence electrons. The van der Waals surface area contributed by atoms with Gasteiger partial charge in [-0.2, -0.15) is 0 Å². The van der Waals surface area contributed by atoms with E-state index in [1.54, 1.807) is 0 Å². The molecule has 2 rings (SSSR count). The molecule has 0 bridgehead atoms. The van der Waals surface area contributed by atoms with E-state index in [1.165, 1.54) is 6.21 Å². The number of carbonyl (C=O) groups excluding carboxylic acids is 1. The van der Waals surface area contributed by atoms with Gasteiger partial charge in [0.05, 0.1) is 6.21 Å². The van der Waals surface area contributed by atoms with Crippen molar-refractivity contribution in [1.82, 2.24) is 5.32 Å². The first-order chi connectivity index (χ1) is 11.3. The lowest BCUT2D eigenvalue weighted by molar-refractivity contribution is 0.141. The van der Waals surface area contributed by atoms with Crippen LogP contribution in [0.4, 0.5) is 4.79 Å². The fourth-order valence-electron chi connectivity index (χ4n) is 1.92. The van der Waals surface area contributed by atoms with Gasteiger partial charge in [0.1, 0.15) is 6.61 Å². The smallest absolute Gasteiger partial charge is 0.407 e. The molecule has 0 radical (unpaired) electrons. The molecule has 0 unspecified atom stereocenters. The molecule has 0 aromatic heterocycles. The molecule has 2 N–H and O–H groups in total. The summed E-state index contributed by atoms with van der Waals surface area (Å²) >= 11 is 0. The van der Waals surface area contributed by atoms with Gasteiger partial charge in [-0.1, -0.05) is 65.8 Å². The quantitative estimate of drug-likeness (QED) is 0.488. The third-order valence-electron chi connectivity index (χ3n) is 3.00. The molecule has 5 nitrogen and oxygen atoms in total. The molecule has 0 heterocycles. The van der Waals surface area contributed by atoms with Crippen molar-refractivity contribution in [3.63, 3.8) is 0 Å². The lowest BCUT2D eigenvalue weighted by Crippen LogP contribution is -2.24. The minimum absolute atomic E-state index is 0.249. The summed E-state index contributed by atoms with van der Waals surface area (Å²) in [7, 11) is 0. The van der Waals surface area contributed by atoms with Crippen LogP contribution in [0.2, 0.25) is 0 Å². The number of amides is 1. The molecule has 0 saturated carbocycles. The molecule has 5 heteroatoms. The third kappa shape index (κ3) is 6.05. The molecule has 0 saturated heterocycles. The lowest BCUT2D eigenvalue weighted by atomic mass is 10.1. The lowest BCUT2D eigenvalue weighted by Gasteiger charge is -2.05. The summed E-state index contributed by atoms with van der Waals surface area (Å²) < 4.78 is 5.10. The summed E-state index contributed by atoms with van der Waals surface area (Å²) in [5.41, 5.74) is 2.69. The summed E-state index contributed by atoms with van der Waals surface area (Å²) in [6, 6.07) is 17.0. The van der Waals surface area contributed by atoms with Crippen LogP contribution in [0.5, 0.6) is 0 Å². The van der Waals surface area contributed by atoms with Crippen molar-refractivity contribution >= 4 is 18.4 Å². The van der Waals surface area contributed by atoms with Gasteiger partial charge in [0.15, 0.2) is 0 Å². The molecule has 1 amide bonds. The van der Waals surface area contributed by atoms with Crippen LogP contribution in [-0.2, 0) is 11.3 Å². The molecule has 0 aliphatic heterocycles. The van der Waals surface area contributed by atoms with Crippen LogP contribution in [0, 0.1) is 0 Å². The second-order valence-electron chi connectivity index (χ2n) is 4.76. The van der Waals surface area contributed by atoms with Gasteiger partial charge >= 0.3 is 6.09 Å². The molecule has 0 aliphatic rings. The first-order valence-electron chi connectivity index (χ1n) is 7.16. The van der Waals surface area contributed by atoms with Crippen molar-refractivity contribution in [3.05, 3.63) is 77.4 Å². The Morgan fingerprint density at radius 2 is 1.91 bits per heavy atom. The molecule has 2 aromatic carbocycles. The SMILES string of the molecule is O=C(NCC=Cc1cccc(C=NO)c1)OCc1ccccc1. The topological polar surface area (TPSA) is 70.9 Å². The van der Waals surface area contributed by atoms with E-state index in [1.807, 2.05) is 66.7 Å². The second-order valence-corrected chi connectivity index (χ2v) is 4.76. The van der Waals surface area contributed by atoms with Gasteiger partial charge in [-0.3, -0.25) is 0 Å². The highest BCUT2D eigenvalue weighted by Gasteiger charge is 2.00. The minimum Gasteiger partial charge on any atom is -0.445 e. The van der Waals surface area contributed by atoms with Crippen molar-refractivity contribution in [1.29, 1.82) is 0 Å². The van der Waals surface area contributed by atoms with Gasteiger partial charge in [-0.15, -0.1) is 0 Å². The average Bonchev–Trinajstić information content (AvgIpc) is 2.58. The zero-order chi connectivity index (χ0) is 16.3. The molecule has 0 spiro atoms. The Hall–Kier alpha value is -3.08. The number of alkyl carbamates (subject to hydrolysis) is 1. The Morgan fingerprint density at radius 3 is 2.70 bits per heavy atom. The monoisotopic (exact) mass is 310 g/mol. The second kappa shape index (κ2) is 9.04. The summed E-state index contributed by atoms with van der Waals surface area (Å²) in [4.78, 5) is 11.6. The van der Waals surface area contributed by atoms with E-state index in [4.69, 9.17) is 9.94 Å². The van der Waals surface area contributed by atoms with Gasteiger partial charge in [-0.25, -0.2) is 4.79 Å². The van der Waals surface area contributed by atoms with Gasteiger partial charge in [0, 0.05) is 6.54 Å². The van der Waals surface area contributed by atoms with Crippen LogP contribution in [0.25, 0.3) is 6.08 Å².